The lowest BCUT2D eigenvalue weighted by molar-refractivity contribution is 0.300. The zero-order valence-corrected chi connectivity index (χ0v) is 9.92. The van der Waals surface area contributed by atoms with Crippen LogP contribution in [0, 0.1) is 0 Å². The molecule has 2 nitrogen and oxygen atoms in total. The van der Waals surface area contributed by atoms with E-state index in [1.165, 1.54) is 0 Å². The van der Waals surface area contributed by atoms with Crippen LogP contribution in [-0.4, -0.2) is 16.7 Å². The van der Waals surface area contributed by atoms with Crippen LogP contribution in [0.5, 0.6) is 0 Å². The third-order valence-corrected chi connectivity index (χ3v) is 3.35. The lowest BCUT2D eigenvalue weighted by atomic mass is 10.1. The van der Waals surface area contributed by atoms with Crippen LogP contribution in [-0.2, 0) is 6.42 Å². The van der Waals surface area contributed by atoms with Crippen LogP contribution in [0.4, 0.5) is 0 Å². The Morgan fingerprint density at radius 3 is 2.60 bits per heavy atom. The maximum atomic E-state index is 8.90. The van der Waals surface area contributed by atoms with Crippen molar-refractivity contribution in [3.63, 3.8) is 0 Å². The molecule has 0 aliphatic rings. The molecule has 0 saturated heterocycles. The largest absolute Gasteiger partial charge is 0.396 e. The predicted molar refractivity (Wildman–Crippen MR) is 64.1 cm³/mol. The van der Waals surface area contributed by atoms with Crippen molar-refractivity contribution in [3.05, 3.63) is 32.9 Å². The van der Waals surface area contributed by atoms with Gasteiger partial charge in [-0.25, -0.2) is 0 Å². The SMILES string of the molecule is OCCc1c[nH]c2c(Cl)cc(Cl)c(Cl)c12. The van der Waals surface area contributed by atoms with Crippen LogP contribution >= 0.6 is 34.8 Å². The minimum Gasteiger partial charge on any atom is -0.396 e. The molecule has 5 heteroatoms. The Bertz CT molecular complexity index is 507. The molecule has 0 aliphatic heterocycles. The summed E-state index contributed by atoms with van der Waals surface area (Å²) in [4.78, 5) is 3.02. The van der Waals surface area contributed by atoms with E-state index in [1.54, 1.807) is 12.3 Å². The zero-order chi connectivity index (χ0) is 11.0. The van der Waals surface area contributed by atoms with Gasteiger partial charge in [0.05, 0.1) is 20.6 Å². The molecule has 0 saturated carbocycles. The number of aliphatic hydroxyl groups is 1. The van der Waals surface area contributed by atoms with Crippen molar-refractivity contribution < 1.29 is 5.11 Å². The van der Waals surface area contributed by atoms with Gasteiger partial charge >= 0.3 is 0 Å². The molecular weight excluding hydrogens is 256 g/mol. The van der Waals surface area contributed by atoms with E-state index in [9.17, 15) is 0 Å². The van der Waals surface area contributed by atoms with Crippen LogP contribution in [0.2, 0.25) is 15.1 Å². The van der Waals surface area contributed by atoms with E-state index in [4.69, 9.17) is 39.9 Å². The van der Waals surface area contributed by atoms with Crippen molar-refractivity contribution in [3.8, 4) is 0 Å². The molecule has 1 aromatic carbocycles. The van der Waals surface area contributed by atoms with Gasteiger partial charge in [0.1, 0.15) is 0 Å². The number of nitrogens with one attached hydrogen (secondary N) is 1. The third-order valence-electron chi connectivity index (χ3n) is 2.26. The highest BCUT2D eigenvalue weighted by Gasteiger charge is 2.13. The topological polar surface area (TPSA) is 36.0 Å². The van der Waals surface area contributed by atoms with Crippen molar-refractivity contribution in [2.24, 2.45) is 0 Å². The van der Waals surface area contributed by atoms with Crippen LogP contribution in [0.3, 0.4) is 0 Å². The Balaban J connectivity index is 2.77. The first kappa shape index (κ1) is 11.1. The first-order chi connectivity index (χ1) is 7.15. The number of fused-ring (bicyclic) bond motifs is 1. The summed E-state index contributed by atoms with van der Waals surface area (Å²) in [6, 6.07) is 1.60. The van der Waals surface area contributed by atoms with E-state index >= 15 is 0 Å². The van der Waals surface area contributed by atoms with Gasteiger partial charge in [-0.15, -0.1) is 0 Å². The zero-order valence-electron chi connectivity index (χ0n) is 7.65. The second-order valence-electron chi connectivity index (χ2n) is 3.19. The Hall–Kier alpha value is -0.410. The van der Waals surface area contributed by atoms with Crippen LogP contribution < -0.4 is 0 Å². The van der Waals surface area contributed by atoms with Gasteiger partial charge in [-0.2, -0.15) is 0 Å². The number of benzene rings is 1. The smallest absolute Gasteiger partial charge is 0.0689 e. The van der Waals surface area contributed by atoms with Crippen molar-refractivity contribution in [1.29, 1.82) is 0 Å². The lowest BCUT2D eigenvalue weighted by Gasteiger charge is -2.02. The molecule has 2 N–H and O–H groups in total. The summed E-state index contributed by atoms with van der Waals surface area (Å²) < 4.78 is 0. The fourth-order valence-electron chi connectivity index (χ4n) is 1.59. The van der Waals surface area contributed by atoms with E-state index in [-0.39, 0.29) is 6.61 Å². The molecule has 2 aromatic rings. The first-order valence-corrected chi connectivity index (χ1v) is 5.53. The van der Waals surface area contributed by atoms with Crippen molar-refractivity contribution in [1.82, 2.24) is 4.98 Å². The van der Waals surface area contributed by atoms with Gasteiger partial charge in [-0.3, -0.25) is 0 Å². The minimum atomic E-state index is 0.0629. The van der Waals surface area contributed by atoms with E-state index in [2.05, 4.69) is 4.98 Å². The second kappa shape index (κ2) is 4.22. The summed E-state index contributed by atoms with van der Waals surface area (Å²) in [6.07, 6.45) is 2.31. The number of rotatable bonds is 2. The minimum absolute atomic E-state index is 0.0629. The number of aromatic nitrogens is 1. The fourth-order valence-corrected chi connectivity index (χ4v) is 2.38. The van der Waals surface area contributed by atoms with Gasteiger partial charge < -0.3 is 10.1 Å². The van der Waals surface area contributed by atoms with Crippen molar-refractivity contribution >= 4 is 45.7 Å². The molecule has 1 heterocycles. The summed E-state index contributed by atoms with van der Waals surface area (Å²) >= 11 is 18.0. The molecule has 0 bridgehead atoms. The van der Waals surface area contributed by atoms with Gasteiger partial charge in [0.25, 0.3) is 0 Å². The molecular formula is C10H8Cl3NO. The molecule has 0 aliphatic carbocycles. The summed E-state index contributed by atoms with van der Waals surface area (Å²) in [5, 5.41) is 11.1. The van der Waals surface area contributed by atoms with E-state index < -0.39 is 0 Å². The normalized spacial score (nSPS) is 11.2. The lowest BCUT2D eigenvalue weighted by Crippen LogP contribution is -1.89. The molecule has 0 amide bonds. The van der Waals surface area contributed by atoms with Crippen LogP contribution in [0.25, 0.3) is 10.9 Å². The fraction of sp³-hybridized carbons (Fsp3) is 0.200. The number of hydrogen-bond donors (Lipinski definition) is 2. The van der Waals surface area contributed by atoms with Crippen molar-refractivity contribution in [2.45, 2.75) is 6.42 Å². The van der Waals surface area contributed by atoms with Crippen molar-refractivity contribution in [2.75, 3.05) is 6.61 Å². The molecule has 1 aromatic heterocycles. The molecule has 2 rings (SSSR count). The molecule has 15 heavy (non-hydrogen) atoms. The number of hydrogen-bond acceptors (Lipinski definition) is 1. The van der Waals surface area contributed by atoms with Crippen LogP contribution in [0.15, 0.2) is 12.3 Å². The van der Waals surface area contributed by atoms with E-state index in [1.807, 2.05) is 0 Å². The monoisotopic (exact) mass is 263 g/mol. The average molecular weight is 265 g/mol. The number of H-pyrrole nitrogens is 1. The Labute approximate surface area is 102 Å². The summed E-state index contributed by atoms with van der Waals surface area (Å²) in [5.74, 6) is 0. The van der Waals surface area contributed by atoms with Gasteiger partial charge in [0.2, 0.25) is 0 Å². The maximum Gasteiger partial charge on any atom is 0.0689 e. The second-order valence-corrected chi connectivity index (χ2v) is 4.38. The quantitative estimate of drug-likeness (QED) is 0.798. The molecule has 0 spiro atoms. The summed E-state index contributed by atoms with van der Waals surface area (Å²) in [7, 11) is 0. The highest BCUT2D eigenvalue weighted by molar-refractivity contribution is 6.47. The number of halogens is 3. The van der Waals surface area contributed by atoms with Gasteiger partial charge in [0, 0.05) is 18.2 Å². The van der Waals surface area contributed by atoms with Gasteiger partial charge in [-0.05, 0) is 18.1 Å². The van der Waals surface area contributed by atoms with E-state index in [0.717, 1.165) is 16.5 Å². The standard InChI is InChI=1S/C10H8Cl3NO/c11-6-3-7(12)10-8(9(6)13)5(1-2-15)4-14-10/h3-4,14-15H,1-2H2. The summed E-state index contributed by atoms with van der Waals surface area (Å²) in [6.45, 7) is 0.0629. The Morgan fingerprint density at radius 1 is 1.20 bits per heavy atom. The Morgan fingerprint density at radius 2 is 1.93 bits per heavy atom. The van der Waals surface area contributed by atoms with Gasteiger partial charge in [0.15, 0.2) is 0 Å². The number of aromatic amines is 1. The van der Waals surface area contributed by atoms with Gasteiger partial charge in [-0.1, -0.05) is 34.8 Å². The average Bonchev–Trinajstić information content (AvgIpc) is 2.60. The highest BCUT2D eigenvalue weighted by atomic mass is 35.5. The predicted octanol–water partition coefficient (Wildman–Crippen LogP) is 3.66. The third kappa shape index (κ3) is 1.83. The highest BCUT2D eigenvalue weighted by Crippen LogP contribution is 2.37. The number of aliphatic hydroxyl groups excluding tert-OH is 1. The van der Waals surface area contributed by atoms with Crippen LogP contribution in [0.1, 0.15) is 5.56 Å². The molecule has 80 valence electrons. The first-order valence-electron chi connectivity index (χ1n) is 4.39. The Kier molecular flexibility index (Phi) is 3.12. The van der Waals surface area contributed by atoms with E-state index in [0.29, 0.717) is 21.5 Å². The maximum absolute atomic E-state index is 8.90. The summed E-state index contributed by atoms with van der Waals surface area (Å²) in [5.41, 5.74) is 1.68. The molecule has 0 atom stereocenters. The molecule has 0 unspecified atom stereocenters. The molecule has 0 radical (unpaired) electrons. The molecule has 0 fully saturated rings.